The summed E-state index contributed by atoms with van der Waals surface area (Å²) < 4.78 is 16.5. The van der Waals surface area contributed by atoms with Crippen molar-refractivity contribution in [3.05, 3.63) is 52.3 Å². The highest BCUT2D eigenvalue weighted by Crippen LogP contribution is 2.28. The van der Waals surface area contributed by atoms with Crippen molar-refractivity contribution >= 4 is 27.0 Å². The standard InChI is InChI=1S/C15H9BrFN3/c1-20-13-4-2-3-9(8-18)14(13)19-15(20)11-6-5-10(16)7-12(11)17/h2-7H,1H3. The van der Waals surface area contributed by atoms with E-state index in [4.69, 9.17) is 5.26 Å². The van der Waals surface area contributed by atoms with Crippen LogP contribution in [0.2, 0.25) is 0 Å². The van der Waals surface area contributed by atoms with Crippen molar-refractivity contribution in [2.24, 2.45) is 7.05 Å². The van der Waals surface area contributed by atoms with Gasteiger partial charge in [0.05, 0.1) is 16.6 Å². The highest BCUT2D eigenvalue weighted by molar-refractivity contribution is 9.10. The van der Waals surface area contributed by atoms with E-state index in [9.17, 15) is 4.39 Å². The van der Waals surface area contributed by atoms with Crippen molar-refractivity contribution in [2.75, 3.05) is 0 Å². The zero-order valence-electron chi connectivity index (χ0n) is 10.6. The number of aryl methyl sites for hydroxylation is 1. The van der Waals surface area contributed by atoms with Crippen LogP contribution >= 0.6 is 15.9 Å². The molecule has 3 nitrogen and oxygen atoms in total. The van der Waals surface area contributed by atoms with Gasteiger partial charge in [-0.25, -0.2) is 9.37 Å². The van der Waals surface area contributed by atoms with E-state index < -0.39 is 0 Å². The van der Waals surface area contributed by atoms with Crippen LogP contribution < -0.4 is 0 Å². The minimum atomic E-state index is -0.351. The number of aromatic nitrogens is 2. The predicted octanol–water partition coefficient (Wildman–Crippen LogP) is 4.01. The van der Waals surface area contributed by atoms with E-state index in [1.165, 1.54) is 6.07 Å². The SMILES string of the molecule is Cn1c(-c2ccc(Br)cc2F)nc2c(C#N)cccc21. The zero-order chi connectivity index (χ0) is 14.3. The lowest BCUT2D eigenvalue weighted by Gasteiger charge is -2.04. The Kier molecular flexibility index (Phi) is 3.03. The molecule has 0 radical (unpaired) electrons. The number of para-hydroxylation sites is 1. The number of rotatable bonds is 1. The van der Waals surface area contributed by atoms with E-state index in [1.807, 2.05) is 13.1 Å². The Morgan fingerprint density at radius 2 is 2.10 bits per heavy atom. The summed E-state index contributed by atoms with van der Waals surface area (Å²) in [5, 5.41) is 9.12. The van der Waals surface area contributed by atoms with Crippen LogP contribution in [0, 0.1) is 17.1 Å². The van der Waals surface area contributed by atoms with E-state index in [-0.39, 0.29) is 5.82 Å². The molecule has 2 aromatic carbocycles. The van der Waals surface area contributed by atoms with Gasteiger partial charge in [-0.15, -0.1) is 0 Å². The fourth-order valence-corrected chi connectivity index (χ4v) is 2.55. The van der Waals surface area contributed by atoms with Gasteiger partial charge in [0.15, 0.2) is 0 Å². The number of halogens is 2. The molecule has 0 fully saturated rings. The first-order chi connectivity index (χ1) is 9.61. The van der Waals surface area contributed by atoms with Crippen LogP contribution in [-0.4, -0.2) is 9.55 Å². The van der Waals surface area contributed by atoms with E-state index in [1.54, 1.807) is 28.8 Å². The van der Waals surface area contributed by atoms with Gasteiger partial charge in [-0.3, -0.25) is 0 Å². The lowest BCUT2D eigenvalue weighted by molar-refractivity contribution is 0.628. The molecule has 0 saturated heterocycles. The molecule has 0 aliphatic heterocycles. The summed E-state index contributed by atoms with van der Waals surface area (Å²) in [6.45, 7) is 0. The average Bonchev–Trinajstić information content (AvgIpc) is 2.76. The molecular weight excluding hydrogens is 321 g/mol. The van der Waals surface area contributed by atoms with Gasteiger partial charge in [-0.05, 0) is 30.3 Å². The van der Waals surface area contributed by atoms with Crippen molar-refractivity contribution < 1.29 is 4.39 Å². The molecule has 20 heavy (non-hydrogen) atoms. The molecule has 0 unspecified atom stereocenters. The van der Waals surface area contributed by atoms with Crippen LogP contribution in [0.25, 0.3) is 22.4 Å². The van der Waals surface area contributed by atoms with Gasteiger partial charge < -0.3 is 4.57 Å². The number of fused-ring (bicyclic) bond motifs is 1. The summed E-state index contributed by atoms with van der Waals surface area (Å²) in [7, 11) is 1.81. The van der Waals surface area contributed by atoms with Gasteiger partial charge >= 0.3 is 0 Å². The van der Waals surface area contributed by atoms with E-state index in [2.05, 4.69) is 27.0 Å². The Morgan fingerprint density at radius 1 is 1.30 bits per heavy atom. The Morgan fingerprint density at radius 3 is 2.80 bits per heavy atom. The fraction of sp³-hybridized carbons (Fsp3) is 0.0667. The van der Waals surface area contributed by atoms with Crippen molar-refractivity contribution in [2.45, 2.75) is 0 Å². The van der Waals surface area contributed by atoms with Gasteiger partial charge in [-0.1, -0.05) is 22.0 Å². The van der Waals surface area contributed by atoms with Crippen LogP contribution in [-0.2, 0) is 7.05 Å². The summed E-state index contributed by atoms with van der Waals surface area (Å²) in [6, 6.07) is 12.3. The second-order valence-electron chi connectivity index (χ2n) is 4.40. The van der Waals surface area contributed by atoms with Gasteiger partial charge in [0.1, 0.15) is 23.2 Å². The number of nitriles is 1. The Balaban J connectivity index is 2.33. The highest BCUT2D eigenvalue weighted by Gasteiger charge is 2.15. The average molecular weight is 330 g/mol. The third-order valence-corrected chi connectivity index (χ3v) is 3.70. The minimum absolute atomic E-state index is 0.351. The lowest BCUT2D eigenvalue weighted by atomic mass is 10.2. The van der Waals surface area contributed by atoms with Crippen molar-refractivity contribution in [1.82, 2.24) is 9.55 Å². The van der Waals surface area contributed by atoms with Crippen LogP contribution in [0.4, 0.5) is 4.39 Å². The Hall–Kier alpha value is -2.19. The molecule has 0 spiro atoms. The second kappa shape index (κ2) is 4.73. The number of nitrogens with zero attached hydrogens (tertiary/aromatic N) is 3. The first-order valence-corrected chi connectivity index (χ1v) is 6.72. The zero-order valence-corrected chi connectivity index (χ0v) is 12.1. The Bertz CT molecular complexity index is 861. The smallest absolute Gasteiger partial charge is 0.143 e. The predicted molar refractivity (Wildman–Crippen MR) is 78.5 cm³/mol. The highest BCUT2D eigenvalue weighted by atomic mass is 79.9. The van der Waals surface area contributed by atoms with Crippen molar-refractivity contribution in [1.29, 1.82) is 5.26 Å². The molecule has 0 atom stereocenters. The maximum atomic E-state index is 14.1. The van der Waals surface area contributed by atoms with E-state index in [0.717, 1.165) is 5.52 Å². The number of hydrogen-bond donors (Lipinski definition) is 0. The van der Waals surface area contributed by atoms with Crippen LogP contribution in [0.5, 0.6) is 0 Å². The summed E-state index contributed by atoms with van der Waals surface area (Å²) >= 11 is 3.23. The maximum absolute atomic E-state index is 14.1. The molecule has 3 aromatic rings. The van der Waals surface area contributed by atoms with Crippen molar-refractivity contribution in [3.63, 3.8) is 0 Å². The molecule has 0 saturated carbocycles. The summed E-state index contributed by atoms with van der Waals surface area (Å²) in [5.74, 6) is 0.156. The first kappa shape index (κ1) is 12.8. The molecule has 0 amide bonds. The van der Waals surface area contributed by atoms with Gasteiger partial charge in [0.2, 0.25) is 0 Å². The minimum Gasteiger partial charge on any atom is -0.327 e. The Labute approximate surface area is 123 Å². The van der Waals surface area contributed by atoms with Gasteiger partial charge in [0, 0.05) is 11.5 Å². The number of imidazole rings is 1. The van der Waals surface area contributed by atoms with Gasteiger partial charge in [-0.2, -0.15) is 5.26 Å². The third kappa shape index (κ3) is 1.89. The maximum Gasteiger partial charge on any atom is 0.143 e. The quantitative estimate of drug-likeness (QED) is 0.676. The largest absolute Gasteiger partial charge is 0.327 e. The lowest BCUT2D eigenvalue weighted by Crippen LogP contribution is -1.94. The second-order valence-corrected chi connectivity index (χ2v) is 5.32. The van der Waals surface area contributed by atoms with Crippen LogP contribution in [0.15, 0.2) is 40.9 Å². The molecule has 1 aromatic heterocycles. The number of benzene rings is 2. The summed E-state index contributed by atoms with van der Waals surface area (Å²) in [6.07, 6.45) is 0. The van der Waals surface area contributed by atoms with E-state index >= 15 is 0 Å². The molecule has 0 aliphatic carbocycles. The molecule has 3 rings (SSSR count). The third-order valence-electron chi connectivity index (χ3n) is 3.20. The summed E-state index contributed by atoms with van der Waals surface area (Å²) in [5.41, 5.74) is 2.30. The molecule has 1 heterocycles. The van der Waals surface area contributed by atoms with Gasteiger partial charge in [0.25, 0.3) is 0 Å². The molecular formula is C15H9BrFN3. The van der Waals surface area contributed by atoms with Crippen molar-refractivity contribution in [3.8, 4) is 17.5 Å². The number of hydrogen-bond acceptors (Lipinski definition) is 2. The van der Waals surface area contributed by atoms with Crippen LogP contribution in [0.1, 0.15) is 5.56 Å². The molecule has 98 valence electrons. The molecule has 0 N–H and O–H groups in total. The molecule has 0 aliphatic rings. The monoisotopic (exact) mass is 329 g/mol. The first-order valence-electron chi connectivity index (χ1n) is 5.93. The summed E-state index contributed by atoms with van der Waals surface area (Å²) in [4.78, 5) is 4.43. The molecule has 5 heteroatoms. The van der Waals surface area contributed by atoms with Crippen LogP contribution in [0.3, 0.4) is 0 Å². The van der Waals surface area contributed by atoms with E-state index in [0.29, 0.717) is 26.9 Å². The topological polar surface area (TPSA) is 41.6 Å². The normalized spacial score (nSPS) is 10.7. The fourth-order valence-electron chi connectivity index (χ4n) is 2.22. The molecule has 0 bridgehead atoms.